The molecule has 3 rings (SSSR count). The number of allylic oxidation sites excluding steroid dienone is 1. The summed E-state index contributed by atoms with van der Waals surface area (Å²) >= 11 is 0. The van der Waals surface area contributed by atoms with Gasteiger partial charge in [-0.05, 0) is 18.2 Å². The minimum atomic E-state index is 1.28. The standard InChI is InChI=1S/C8H6N2/c1-2-8-7-4-6(7)5-10(8)9-3-1/h1-5,9H. The summed E-state index contributed by atoms with van der Waals surface area (Å²) in [6.45, 7) is 0. The molecule has 1 aliphatic heterocycles. The lowest BCUT2D eigenvalue weighted by atomic mass is 10.4. The molecule has 0 bridgehead atoms. The molecule has 1 aliphatic carbocycles. The van der Waals surface area contributed by atoms with Crippen LogP contribution in [0.15, 0.2) is 18.5 Å². The molecule has 2 heteroatoms. The molecule has 2 heterocycles. The molecule has 0 fully saturated rings. The molecule has 0 radical (unpaired) electrons. The highest BCUT2D eigenvalue weighted by atomic mass is 15.4. The second-order valence-electron chi connectivity index (χ2n) is 2.55. The van der Waals surface area contributed by atoms with E-state index in [0.29, 0.717) is 0 Å². The first kappa shape index (κ1) is 4.39. The predicted octanol–water partition coefficient (Wildman–Crippen LogP) is -0.518. The summed E-state index contributed by atoms with van der Waals surface area (Å²) in [6.07, 6.45) is 10.3. The number of hydrogen-bond donors (Lipinski definition) is 1. The van der Waals surface area contributed by atoms with Crippen molar-refractivity contribution in [2.24, 2.45) is 0 Å². The van der Waals surface area contributed by atoms with Crippen molar-refractivity contribution in [3.8, 4) is 0 Å². The van der Waals surface area contributed by atoms with Gasteiger partial charge >= 0.3 is 0 Å². The summed E-state index contributed by atoms with van der Waals surface area (Å²) in [7, 11) is 0. The lowest BCUT2D eigenvalue weighted by molar-refractivity contribution is 0.915. The Balaban J connectivity index is 2.55. The monoisotopic (exact) mass is 130 g/mol. The van der Waals surface area contributed by atoms with Crippen LogP contribution in [0.3, 0.4) is 0 Å². The maximum Gasteiger partial charge on any atom is 0.0703 e. The predicted molar refractivity (Wildman–Crippen MR) is 40.2 cm³/mol. The lowest BCUT2D eigenvalue weighted by Gasteiger charge is -2.05. The highest BCUT2D eigenvalue weighted by Crippen LogP contribution is 2.01. The van der Waals surface area contributed by atoms with Gasteiger partial charge < -0.3 is 5.43 Å². The van der Waals surface area contributed by atoms with E-state index in [4.69, 9.17) is 0 Å². The fourth-order valence-corrected chi connectivity index (χ4v) is 1.33. The maximum absolute atomic E-state index is 3.11. The summed E-state index contributed by atoms with van der Waals surface area (Å²) in [6, 6.07) is 0. The van der Waals surface area contributed by atoms with Gasteiger partial charge in [-0.25, -0.2) is 0 Å². The van der Waals surface area contributed by atoms with Crippen LogP contribution in [0.2, 0.25) is 0 Å². The third kappa shape index (κ3) is 0.365. The van der Waals surface area contributed by atoms with Crippen molar-refractivity contribution >= 4 is 12.2 Å². The molecule has 10 heavy (non-hydrogen) atoms. The molecule has 1 aromatic rings. The number of nitrogens with zero attached hydrogens (tertiary/aromatic N) is 1. The van der Waals surface area contributed by atoms with Gasteiger partial charge in [0, 0.05) is 23.2 Å². The molecular weight excluding hydrogens is 124 g/mol. The summed E-state index contributed by atoms with van der Waals surface area (Å²) in [5.41, 5.74) is 4.47. The molecule has 48 valence electrons. The van der Waals surface area contributed by atoms with Gasteiger partial charge in [0.1, 0.15) is 0 Å². The SMILES string of the molecule is C1=CNn2cc3c(c2=C1)=C3. The zero-order chi connectivity index (χ0) is 6.55. The fourth-order valence-electron chi connectivity index (χ4n) is 1.33. The van der Waals surface area contributed by atoms with Gasteiger partial charge in [-0.15, -0.1) is 0 Å². The summed E-state index contributed by atoms with van der Waals surface area (Å²) in [4.78, 5) is 0. The molecule has 0 spiro atoms. The van der Waals surface area contributed by atoms with Crippen molar-refractivity contribution in [3.63, 3.8) is 0 Å². The first-order chi connectivity index (χ1) is 4.95. The second kappa shape index (κ2) is 1.19. The van der Waals surface area contributed by atoms with E-state index in [0.717, 1.165) is 0 Å². The molecule has 0 saturated heterocycles. The van der Waals surface area contributed by atoms with Crippen molar-refractivity contribution in [3.05, 3.63) is 34.6 Å². The molecule has 0 atom stereocenters. The van der Waals surface area contributed by atoms with Crippen molar-refractivity contribution < 1.29 is 0 Å². The van der Waals surface area contributed by atoms with Gasteiger partial charge in [0.15, 0.2) is 0 Å². The van der Waals surface area contributed by atoms with Crippen LogP contribution >= 0.6 is 0 Å². The average Bonchev–Trinajstić information content (AvgIpc) is 2.64. The Hall–Kier alpha value is -1.44. The molecular formula is C8H6N2. The average molecular weight is 130 g/mol. The quantitative estimate of drug-likeness (QED) is 0.508. The van der Waals surface area contributed by atoms with E-state index < -0.39 is 0 Å². The van der Waals surface area contributed by atoms with E-state index in [1.165, 1.54) is 16.1 Å². The van der Waals surface area contributed by atoms with Crippen LogP contribution in [-0.4, -0.2) is 4.68 Å². The third-order valence-electron chi connectivity index (χ3n) is 1.90. The Morgan fingerprint density at radius 1 is 1.40 bits per heavy atom. The van der Waals surface area contributed by atoms with Crippen LogP contribution < -0.4 is 16.0 Å². The minimum absolute atomic E-state index is 1.28. The topological polar surface area (TPSA) is 17.0 Å². The maximum atomic E-state index is 3.11. The molecule has 0 unspecified atom stereocenters. The molecule has 2 aliphatic rings. The van der Waals surface area contributed by atoms with Gasteiger partial charge in [0.2, 0.25) is 0 Å². The first-order valence-electron chi connectivity index (χ1n) is 3.32. The Labute approximate surface area is 57.7 Å². The molecule has 0 saturated carbocycles. The normalized spacial score (nSPS) is 16.0. The Bertz CT molecular complexity index is 435. The van der Waals surface area contributed by atoms with E-state index in [1.54, 1.807) is 0 Å². The van der Waals surface area contributed by atoms with Gasteiger partial charge in [-0.3, -0.25) is 4.68 Å². The Morgan fingerprint density at radius 2 is 2.40 bits per heavy atom. The largest absolute Gasteiger partial charge is 0.302 e. The van der Waals surface area contributed by atoms with Gasteiger partial charge in [-0.2, -0.15) is 0 Å². The van der Waals surface area contributed by atoms with Gasteiger partial charge in [-0.1, -0.05) is 0 Å². The molecule has 1 aromatic heterocycles. The summed E-state index contributed by atoms with van der Waals surface area (Å²) in [5.74, 6) is 0. The van der Waals surface area contributed by atoms with E-state index in [1.807, 2.05) is 17.0 Å². The highest BCUT2D eigenvalue weighted by Gasteiger charge is 2.11. The highest BCUT2D eigenvalue weighted by molar-refractivity contribution is 5.67. The summed E-state index contributed by atoms with van der Waals surface area (Å²) < 4.78 is 2.03. The van der Waals surface area contributed by atoms with E-state index in [9.17, 15) is 0 Å². The fraction of sp³-hybridized carbons (Fsp3) is 0. The van der Waals surface area contributed by atoms with Crippen LogP contribution in [0.5, 0.6) is 0 Å². The van der Waals surface area contributed by atoms with Crippen molar-refractivity contribution in [2.45, 2.75) is 0 Å². The zero-order valence-corrected chi connectivity index (χ0v) is 5.33. The number of hydrogen-bond acceptors (Lipinski definition) is 1. The van der Waals surface area contributed by atoms with Crippen molar-refractivity contribution in [1.82, 2.24) is 4.68 Å². The van der Waals surface area contributed by atoms with Crippen LogP contribution in [0.1, 0.15) is 5.56 Å². The van der Waals surface area contributed by atoms with Gasteiger partial charge in [0.25, 0.3) is 0 Å². The molecule has 1 N–H and O–H groups in total. The second-order valence-corrected chi connectivity index (χ2v) is 2.55. The summed E-state index contributed by atoms with van der Waals surface area (Å²) in [5, 5.41) is 2.66. The number of fused-ring (bicyclic) bond motifs is 3. The van der Waals surface area contributed by atoms with Gasteiger partial charge in [0.05, 0.1) is 5.35 Å². The third-order valence-corrected chi connectivity index (χ3v) is 1.90. The van der Waals surface area contributed by atoms with E-state index in [-0.39, 0.29) is 0 Å². The van der Waals surface area contributed by atoms with E-state index >= 15 is 0 Å². The Morgan fingerprint density at radius 3 is 3.30 bits per heavy atom. The lowest BCUT2D eigenvalue weighted by Crippen LogP contribution is -2.31. The van der Waals surface area contributed by atoms with Crippen LogP contribution in [0.4, 0.5) is 0 Å². The number of rotatable bonds is 0. The van der Waals surface area contributed by atoms with Crippen LogP contribution in [0.25, 0.3) is 12.2 Å². The smallest absolute Gasteiger partial charge is 0.0703 e. The Kier molecular flexibility index (Phi) is 0.520. The minimum Gasteiger partial charge on any atom is -0.302 e. The first-order valence-corrected chi connectivity index (χ1v) is 3.32. The molecule has 2 nitrogen and oxygen atoms in total. The zero-order valence-electron chi connectivity index (χ0n) is 5.33. The van der Waals surface area contributed by atoms with Crippen LogP contribution in [-0.2, 0) is 0 Å². The van der Waals surface area contributed by atoms with Crippen molar-refractivity contribution in [1.29, 1.82) is 0 Å². The van der Waals surface area contributed by atoms with Crippen LogP contribution in [0, 0.1) is 0 Å². The number of nitrogens with one attached hydrogen (secondary N) is 1. The molecule has 0 aromatic carbocycles. The molecule has 0 amide bonds. The van der Waals surface area contributed by atoms with E-state index in [2.05, 4.69) is 23.8 Å². The number of aromatic nitrogens is 1. The van der Waals surface area contributed by atoms with Crippen molar-refractivity contribution in [2.75, 3.05) is 5.43 Å².